The predicted molar refractivity (Wildman–Crippen MR) is 79.9 cm³/mol. The second-order valence-electron chi connectivity index (χ2n) is 5.17. The third-order valence-corrected chi connectivity index (χ3v) is 4.77. The largest absolute Gasteiger partial charge is 0.353 e. The van der Waals surface area contributed by atoms with Crippen LogP contribution in [0.25, 0.3) is 0 Å². The minimum Gasteiger partial charge on any atom is -0.353 e. The molecule has 0 aliphatic heterocycles. The Morgan fingerprint density at radius 2 is 1.89 bits per heavy atom. The molecule has 104 valence electrons. The van der Waals surface area contributed by atoms with Crippen molar-refractivity contribution in [2.75, 3.05) is 0 Å². The minimum absolute atomic E-state index is 0.110. The van der Waals surface area contributed by atoms with E-state index in [4.69, 9.17) is 23.2 Å². The highest BCUT2D eigenvalue weighted by Crippen LogP contribution is 2.36. The summed E-state index contributed by atoms with van der Waals surface area (Å²) in [6.45, 7) is 4.08. The summed E-state index contributed by atoms with van der Waals surface area (Å²) in [6, 6.07) is 5.87. The molecule has 1 N–H and O–H groups in total. The van der Waals surface area contributed by atoms with E-state index >= 15 is 0 Å². The fraction of sp³-hybridized carbons (Fsp3) is 0.533. The van der Waals surface area contributed by atoms with Crippen LogP contribution >= 0.6 is 23.2 Å². The maximum absolute atomic E-state index is 12.6. The molecule has 1 aliphatic carbocycles. The number of rotatable bonds is 5. The molecule has 1 saturated carbocycles. The molecular formula is C15H19Cl2NO. The number of hydrogen-bond acceptors (Lipinski definition) is 1. The Labute approximate surface area is 124 Å². The van der Waals surface area contributed by atoms with Gasteiger partial charge in [-0.1, -0.05) is 43.1 Å². The number of benzene rings is 1. The van der Waals surface area contributed by atoms with Crippen molar-refractivity contribution in [1.82, 2.24) is 5.32 Å². The van der Waals surface area contributed by atoms with Crippen LogP contribution in [0, 0.1) is 0 Å². The van der Waals surface area contributed by atoms with Crippen LogP contribution in [0.3, 0.4) is 0 Å². The molecule has 0 heterocycles. The first kappa shape index (κ1) is 14.7. The lowest BCUT2D eigenvalue weighted by Gasteiger charge is -2.31. The first-order valence-electron chi connectivity index (χ1n) is 6.80. The zero-order chi connectivity index (χ0) is 14.0. The normalized spacial score (nSPS) is 15.4. The van der Waals surface area contributed by atoms with Crippen LogP contribution in [0.4, 0.5) is 0 Å². The van der Waals surface area contributed by atoms with Crippen LogP contribution in [-0.2, 0) is 10.2 Å². The van der Waals surface area contributed by atoms with Crippen LogP contribution in [0.15, 0.2) is 18.2 Å². The van der Waals surface area contributed by atoms with Crippen LogP contribution in [0.2, 0.25) is 10.0 Å². The molecule has 2 rings (SSSR count). The molecular weight excluding hydrogens is 281 g/mol. The lowest BCUT2D eigenvalue weighted by Crippen LogP contribution is -2.44. The van der Waals surface area contributed by atoms with Gasteiger partial charge in [0.1, 0.15) is 0 Å². The van der Waals surface area contributed by atoms with Gasteiger partial charge in [0.05, 0.1) is 15.5 Å². The van der Waals surface area contributed by atoms with E-state index in [1.807, 2.05) is 26.0 Å². The van der Waals surface area contributed by atoms with Gasteiger partial charge in [0.2, 0.25) is 5.91 Å². The Morgan fingerprint density at radius 3 is 2.37 bits per heavy atom. The molecule has 4 heteroatoms. The molecule has 0 atom stereocenters. The summed E-state index contributed by atoms with van der Waals surface area (Å²) in [4.78, 5) is 12.6. The molecule has 2 nitrogen and oxygen atoms in total. The Morgan fingerprint density at radius 1 is 1.26 bits per heavy atom. The zero-order valence-corrected chi connectivity index (χ0v) is 12.8. The lowest BCUT2D eigenvalue weighted by molar-refractivity contribution is -0.127. The van der Waals surface area contributed by atoms with Crippen LogP contribution < -0.4 is 5.32 Å². The van der Waals surface area contributed by atoms with Crippen molar-refractivity contribution in [3.8, 4) is 0 Å². The second kappa shape index (κ2) is 5.72. The lowest BCUT2D eigenvalue weighted by atomic mass is 9.75. The summed E-state index contributed by atoms with van der Waals surface area (Å²) in [6.07, 6.45) is 3.69. The molecule has 1 aromatic rings. The van der Waals surface area contributed by atoms with Crippen molar-refractivity contribution in [3.63, 3.8) is 0 Å². The maximum atomic E-state index is 12.6. The number of amides is 1. The summed E-state index contributed by atoms with van der Waals surface area (Å²) in [5, 5.41) is 4.14. The van der Waals surface area contributed by atoms with Crippen molar-refractivity contribution < 1.29 is 4.79 Å². The summed E-state index contributed by atoms with van der Waals surface area (Å²) in [7, 11) is 0. The standard InChI is InChI=1S/C15H19Cl2NO/c1-3-15(4-2,14(19)18-11-6-7-11)10-5-8-12(16)13(17)9-10/h5,8-9,11H,3-4,6-7H2,1-2H3,(H,18,19). The third-order valence-electron chi connectivity index (χ3n) is 4.03. The summed E-state index contributed by atoms with van der Waals surface area (Å²) in [5.74, 6) is 0.110. The molecule has 0 bridgehead atoms. The fourth-order valence-electron chi connectivity index (χ4n) is 2.46. The topological polar surface area (TPSA) is 29.1 Å². The molecule has 0 aromatic heterocycles. The van der Waals surface area contributed by atoms with Gasteiger partial charge in [0.15, 0.2) is 0 Å². The summed E-state index contributed by atoms with van der Waals surface area (Å²) >= 11 is 12.1. The van der Waals surface area contributed by atoms with Crippen molar-refractivity contribution >= 4 is 29.1 Å². The van der Waals surface area contributed by atoms with Crippen molar-refractivity contribution in [2.24, 2.45) is 0 Å². The Bertz CT molecular complexity index is 479. The predicted octanol–water partition coefficient (Wildman–Crippen LogP) is 4.33. The highest BCUT2D eigenvalue weighted by molar-refractivity contribution is 6.42. The highest BCUT2D eigenvalue weighted by atomic mass is 35.5. The van der Waals surface area contributed by atoms with E-state index in [0.29, 0.717) is 16.1 Å². The highest BCUT2D eigenvalue weighted by Gasteiger charge is 2.39. The van der Waals surface area contributed by atoms with Gasteiger partial charge in [-0.15, -0.1) is 0 Å². The van der Waals surface area contributed by atoms with E-state index in [1.54, 1.807) is 6.07 Å². The van der Waals surface area contributed by atoms with Crippen LogP contribution in [0.5, 0.6) is 0 Å². The Kier molecular flexibility index (Phi) is 4.42. The average Bonchev–Trinajstić information content (AvgIpc) is 3.19. The molecule has 0 unspecified atom stereocenters. The molecule has 1 aromatic carbocycles. The molecule has 0 radical (unpaired) electrons. The average molecular weight is 300 g/mol. The van der Waals surface area contributed by atoms with E-state index in [1.165, 1.54) is 0 Å². The smallest absolute Gasteiger partial charge is 0.230 e. The quantitative estimate of drug-likeness (QED) is 0.861. The van der Waals surface area contributed by atoms with Crippen LogP contribution in [-0.4, -0.2) is 11.9 Å². The van der Waals surface area contributed by atoms with E-state index in [9.17, 15) is 4.79 Å². The van der Waals surface area contributed by atoms with Gasteiger partial charge in [-0.05, 0) is 43.4 Å². The van der Waals surface area contributed by atoms with Crippen LogP contribution in [0.1, 0.15) is 45.1 Å². The molecule has 1 fully saturated rings. The Hall–Kier alpha value is -0.730. The van der Waals surface area contributed by atoms with Gasteiger partial charge in [-0.2, -0.15) is 0 Å². The monoisotopic (exact) mass is 299 g/mol. The van der Waals surface area contributed by atoms with Crippen molar-refractivity contribution in [1.29, 1.82) is 0 Å². The molecule has 1 aliphatic rings. The molecule has 0 spiro atoms. The number of carbonyl (C=O) groups is 1. The maximum Gasteiger partial charge on any atom is 0.230 e. The van der Waals surface area contributed by atoms with Gasteiger partial charge in [0, 0.05) is 6.04 Å². The fourth-order valence-corrected chi connectivity index (χ4v) is 2.75. The van der Waals surface area contributed by atoms with E-state index < -0.39 is 5.41 Å². The number of hydrogen-bond donors (Lipinski definition) is 1. The first-order chi connectivity index (χ1) is 9.03. The Balaban J connectivity index is 2.35. The van der Waals surface area contributed by atoms with Crippen molar-refractivity contribution in [3.05, 3.63) is 33.8 Å². The number of carbonyl (C=O) groups excluding carboxylic acids is 1. The van der Waals surface area contributed by atoms with E-state index in [2.05, 4.69) is 5.32 Å². The van der Waals surface area contributed by atoms with Gasteiger partial charge < -0.3 is 5.32 Å². The number of nitrogens with one attached hydrogen (secondary N) is 1. The molecule has 1 amide bonds. The first-order valence-corrected chi connectivity index (χ1v) is 7.55. The summed E-state index contributed by atoms with van der Waals surface area (Å²) < 4.78 is 0. The SMILES string of the molecule is CCC(CC)(C(=O)NC1CC1)c1ccc(Cl)c(Cl)c1. The number of halogens is 2. The van der Waals surface area contributed by atoms with E-state index in [-0.39, 0.29) is 5.91 Å². The zero-order valence-electron chi connectivity index (χ0n) is 11.3. The van der Waals surface area contributed by atoms with Gasteiger partial charge in [0.25, 0.3) is 0 Å². The van der Waals surface area contributed by atoms with Gasteiger partial charge >= 0.3 is 0 Å². The third kappa shape index (κ3) is 2.90. The molecule has 19 heavy (non-hydrogen) atoms. The second-order valence-corrected chi connectivity index (χ2v) is 5.98. The summed E-state index contributed by atoms with van der Waals surface area (Å²) in [5.41, 5.74) is 0.446. The van der Waals surface area contributed by atoms with Gasteiger partial charge in [-0.25, -0.2) is 0 Å². The minimum atomic E-state index is -0.503. The van der Waals surface area contributed by atoms with Crippen molar-refractivity contribution in [2.45, 2.75) is 51.0 Å². The molecule has 0 saturated heterocycles. The van der Waals surface area contributed by atoms with Gasteiger partial charge in [-0.3, -0.25) is 4.79 Å². The van der Waals surface area contributed by atoms with E-state index in [0.717, 1.165) is 31.2 Å².